The van der Waals surface area contributed by atoms with Crippen LogP contribution in [-0.2, 0) is 33.3 Å². The van der Waals surface area contributed by atoms with Crippen molar-refractivity contribution >= 4 is 18.4 Å². The first kappa shape index (κ1) is 34.1. The van der Waals surface area contributed by atoms with Gasteiger partial charge < -0.3 is 31.4 Å². The van der Waals surface area contributed by atoms with Gasteiger partial charge in [-0.1, -0.05) is 48.5 Å². The van der Waals surface area contributed by atoms with Gasteiger partial charge >= 0.3 is 41.5 Å². The minimum atomic E-state index is -0.564. The number of hydrogen-bond acceptors (Lipinski definition) is 7. The van der Waals surface area contributed by atoms with Gasteiger partial charge in [-0.15, -0.1) is 0 Å². The molecule has 0 amide bonds. The van der Waals surface area contributed by atoms with Crippen molar-refractivity contribution in [2.24, 2.45) is 10.8 Å². The van der Waals surface area contributed by atoms with Crippen LogP contribution in [0, 0.1) is 10.8 Å². The number of fused-ring (bicyclic) bond motifs is 3. The normalized spacial score (nSPS) is 11.8. The Morgan fingerprint density at radius 3 is 1.53 bits per heavy atom. The van der Waals surface area contributed by atoms with E-state index in [0.29, 0.717) is 13.1 Å². The van der Waals surface area contributed by atoms with Crippen molar-refractivity contribution in [3.63, 3.8) is 0 Å². The van der Waals surface area contributed by atoms with Crippen LogP contribution in [0.3, 0.4) is 0 Å². The first-order valence-corrected chi connectivity index (χ1v) is 11.1. The molecule has 192 valence electrons. The molecule has 0 atom stereocenters. The van der Waals surface area contributed by atoms with E-state index in [9.17, 15) is 14.4 Å². The van der Waals surface area contributed by atoms with E-state index in [1.165, 1.54) is 22.3 Å². The molecule has 36 heavy (non-hydrogen) atoms. The molecule has 7 nitrogen and oxygen atoms in total. The topological polar surface area (TPSA) is 88.1 Å². The molecule has 1 aliphatic carbocycles. The third kappa shape index (κ3) is 9.87. The van der Waals surface area contributed by atoms with Gasteiger partial charge in [0.1, 0.15) is 6.61 Å². The maximum Gasteiger partial charge on any atom is 1.00 e. The average molecular weight is 529 g/mol. The van der Waals surface area contributed by atoms with Gasteiger partial charge in [-0.05, 0) is 63.8 Å². The second-order valence-corrected chi connectivity index (χ2v) is 9.96. The molecule has 0 radical (unpaired) electrons. The Morgan fingerprint density at radius 1 is 0.778 bits per heavy atom. The van der Waals surface area contributed by atoms with Crippen molar-refractivity contribution in [3.05, 3.63) is 59.7 Å². The largest absolute Gasteiger partial charge is 1.00 e. The van der Waals surface area contributed by atoms with Crippen molar-refractivity contribution in [3.8, 4) is 11.1 Å². The van der Waals surface area contributed by atoms with E-state index in [2.05, 4.69) is 24.3 Å². The zero-order valence-electron chi connectivity index (χ0n) is 22.1. The predicted octanol–water partition coefficient (Wildman–Crippen LogP) is -0.923. The fraction of sp³-hybridized carbons (Fsp3) is 0.444. The molecule has 0 saturated heterocycles. The standard InChI is InChI=1S/C15H12O2.C12H22O5.ClH.Na/c16-10-17-9-15-13-7-3-1-5-11(13)12-6-2-4-8-14(12)15;1-11(2,3)9(13)16-7-15-8-17-10(14)12(4,5)6;;/h1-8,10,15H,9H2;7-8H2,1-6H3;1H;/q;;;+1/p-1. The van der Waals surface area contributed by atoms with Gasteiger partial charge in [0.2, 0.25) is 0 Å². The van der Waals surface area contributed by atoms with Crippen molar-refractivity contribution in [1.29, 1.82) is 0 Å². The van der Waals surface area contributed by atoms with Crippen LogP contribution in [0.2, 0.25) is 0 Å². The molecular weight excluding hydrogens is 495 g/mol. The number of benzene rings is 2. The SMILES string of the molecule is CC(C)(C)C(=O)OCOCOC(=O)C(C)(C)C.O=COCC1c2ccccc2-c2ccccc21.[Cl-].[Na+]. The Kier molecular flexibility index (Phi) is 14.6. The molecule has 0 aromatic heterocycles. The summed E-state index contributed by atoms with van der Waals surface area (Å²) in [5, 5.41) is 0. The number of hydrogen-bond donors (Lipinski definition) is 0. The molecule has 0 heterocycles. The molecule has 0 N–H and O–H groups in total. The van der Waals surface area contributed by atoms with Gasteiger partial charge in [0.05, 0.1) is 10.8 Å². The summed E-state index contributed by atoms with van der Waals surface area (Å²) in [5.74, 6) is -0.549. The van der Waals surface area contributed by atoms with E-state index in [-0.39, 0.29) is 73.4 Å². The molecule has 9 heteroatoms. The van der Waals surface area contributed by atoms with Gasteiger partial charge in [-0.2, -0.15) is 0 Å². The molecule has 1 aliphatic rings. The monoisotopic (exact) mass is 528 g/mol. The number of rotatable bonds is 7. The van der Waals surface area contributed by atoms with Crippen LogP contribution in [0.5, 0.6) is 0 Å². The number of esters is 2. The van der Waals surface area contributed by atoms with E-state index in [0.717, 1.165) is 0 Å². The Morgan fingerprint density at radius 2 is 1.17 bits per heavy atom. The fourth-order valence-electron chi connectivity index (χ4n) is 3.23. The minimum Gasteiger partial charge on any atom is -1.00 e. The van der Waals surface area contributed by atoms with E-state index < -0.39 is 10.8 Å². The van der Waals surface area contributed by atoms with Crippen LogP contribution in [0.25, 0.3) is 11.1 Å². The van der Waals surface area contributed by atoms with Crippen LogP contribution in [0.4, 0.5) is 0 Å². The summed E-state index contributed by atoms with van der Waals surface area (Å²) in [6.45, 7) is 11.0. The van der Waals surface area contributed by atoms with Crippen LogP contribution in [0.1, 0.15) is 58.6 Å². The van der Waals surface area contributed by atoms with Gasteiger partial charge in [-0.3, -0.25) is 14.4 Å². The van der Waals surface area contributed by atoms with E-state index in [1.807, 2.05) is 24.3 Å². The van der Waals surface area contributed by atoms with Crippen LogP contribution < -0.4 is 42.0 Å². The number of ether oxygens (including phenoxy) is 4. The Labute approximate surface area is 241 Å². The van der Waals surface area contributed by atoms with Gasteiger partial charge in [0.25, 0.3) is 6.47 Å². The summed E-state index contributed by atoms with van der Waals surface area (Å²) in [5.41, 5.74) is 3.87. The third-order valence-corrected chi connectivity index (χ3v) is 5.06. The molecule has 2 aromatic rings. The van der Waals surface area contributed by atoms with Crippen LogP contribution in [0.15, 0.2) is 48.5 Å². The number of halogens is 1. The zero-order chi connectivity index (χ0) is 25.4. The summed E-state index contributed by atoms with van der Waals surface area (Å²) in [6.07, 6.45) is 0. The summed E-state index contributed by atoms with van der Waals surface area (Å²) in [7, 11) is 0. The first-order chi connectivity index (χ1) is 16.0. The van der Waals surface area contributed by atoms with E-state index in [1.54, 1.807) is 41.5 Å². The molecule has 0 spiro atoms. The smallest absolute Gasteiger partial charge is 1.00 e. The third-order valence-electron chi connectivity index (χ3n) is 5.06. The Balaban J connectivity index is 0.000000645. The van der Waals surface area contributed by atoms with Crippen LogP contribution in [-0.4, -0.2) is 38.6 Å². The first-order valence-electron chi connectivity index (χ1n) is 11.1. The van der Waals surface area contributed by atoms with Gasteiger partial charge in [0.15, 0.2) is 13.6 Å². The Bertz CT molecular complexity index is 923. The quantitative estimate of drug-likeness (QED) is 0.115. The fourth-order valence-corrected chi connectivity index (χ4v) is 3.23. The molecule has 0 fully saturated rings. The zero-order valence-corrected chi connectivity index (χ0v) is 24.9. The summed E-state index contributed by atoms with van der Waals surface area (Å²) in [4.78, 5) is 33.0. The molecule has 0 bridgehead atoms. The molecule has 0 aliphatic heterocycles. The van der Waals surface area contributed by atoms with E-state index in [4.69, 9.17) is 18.9 Å². The molecule has 0 unspecified atom stereocenters. The second kappa shape index (κ2) is 15.4. The van der Waals surface area contributed by atoms with Crippen LogP contribution >= 0.6 is 0 Å². The second-order valence-electron chi connectivity index (χ2n) is 9.96. The average Bonchev–Trinajstić information content (AvgIpc) is 3.10. The molecule has 2 aromatic carbocycles. The van der Waals surface area contributed by atoms with Crippen molar-refractivity contribution in [1.82, 2.24) is 0 Å². The van der Waals surface area contributed by atoms with Crippen molar-refractivity contribution in [2.75, 3.05) is 20.2 Å². The van der Waals surface area contributed by atoms with Crippen molar-refractivity contribution in [2.45, 2.75) is 47.5 Å². The van der Waals surface area contributed by atoms with Gasteiger partial charge in [-0.25, -0.2) is 0 Å². The maximum absolute atomic E-state index is 11.3. The molecule has 0 saturated carbocycles. The number of carbonyl (C=O) groups is 3. The summed E-state index contributed by atoms with van der Waals surface area (Å²) < 4.78 is 19.5. The van der Waals surface area contributed by atoms with Crippen molar-refractivity contribution < 1.29 is 75.3 Å². The summed E-state index contributed by atoms with van der Waals surface area (Å²) >= 11 is 0. The molecular formula is C27H34ClNaO7. The molecule has 3 rings (SSSR count). The number of carbonyl (C=O) groups excluding carboxylic acids is 3. The van der Waals surface area contributed by atoms with E-state index >= 15 is 0 Å². The minimum absolute atomic E-state index is 0. The maximum atomic E-state index is 11.3. The summed E-state index contributed by atoms with van der Waals surface area (Å²) in [6, 6.07) is 16.6. The Hall–Kier alpha value is -1.90. The van der Waals surface area contributed by atoms with Gasteiger partial charge in [0, 0.05) is 5.92 Å². The predicted molar refractivity (Wildman–Crippen MR) is 128 cm³/mol.